The van der Waals surface area contributed by atoms with E-state index in [4.69, 9.17) is 11.6 Å². The van der Waals surface area contributed by atoms with E-state index in [1.807, 2.05) is 6.07 Å². The average molecular weight is 367 g/mol. The van der Waals surface area contributed by atoms with Gasteiger partial charge in [-0.2, -0.15) is 4.72 Å². The molecule has 1 unspecified atom stereocenters. The molecule has 1 N–H and O–H groups in total. The highest BCUT2D eigenvalue weighted by molar-refractivity contribution is 7.89. The molecule has 1 amide bonds. The van der Waals surface area contributed by atoms with Crippen molar-refractivity contribution in [2.24, 2.45) is 0 Å². The molecule has 0 aromatic heterocycles. The van der Waals surface area contributed by atoms with Gasteiger partial charge in [-0.05, 0) is 36.8 Å². The topological polar surface area (TPSA) is 66.5 Å². The molecular weight excluding hydrogens is 348 g/mol. The Morgan fingerprint density at radius 2 is 1.83 bits per heavy atom. The maximum absolute atomic E-state index is 12.4. The second-order valence-electron chi connectivity index (χ2n) is 5.48. The molecule has 0 saturated carbocycles. The third-order valence-corrected chi connectivity index (χ3v) is 5.23. The zero-order valence-corrected chi connectivity index (χ0v) is 15.0. The van der Waals surface area contributed by atoms with Crippen LogP contribution in [-0.2, 0) is 21.4 Å². The molecule has 24 heavy (non-hydrogen) atoms. The Morgan fingerprint density at radius 1 is 1.17 bits per heavy atom. The number of halogens is 1. The molecule has 2 aromatic carbocycles. The number of hydrogen-bond donors (Lipinski definition) is 1. The Morgan fingerprint density at radius 3 is 2.46 bits per heavy atom. The molecule has 2 aromatic rings. The predicted molar refractivity (Wildman–Crippen MR) is 94.2 cm³/mol. The Hall–Kier alpha value is -1.89. The Kier molecular flexibility index (Phi) is 5.99. The second kappa shape index (κ2) is 7.79. The molecule has 0 aliphatic heterocycles. The van der Waals surface area contributed by atoms with Gasteiger partial charge in [0.05, 0.1) is 10.9 Å². The Labute approximate surface area is 147 Å². The van der Waals surface area contributed by atoms with E-state index < -0.39 is 16.1 Å². The van der Waals surface area contributed by atoms with Gasteiger partial charge >= 0.3 is 0 Å². The van der Waals surface area contributed by atoms with E-state index in [1.165, 1.54) is 24.0 Å². The fourth-order valence-corrected chi connectivity index (χ4v) is 3.70. The highest BCUT2D eigenvalue weighted by atomic mass is 35.5. The summed E-state index contributed by atoms with van der Waals surface area (Å²) in [6.45, 7) is 1.87. The van der Waals surface area contributed by atoms with Gasteiger partial charge in [-0.3, -0.25) is 4.79 Å². The smallest absolute Gasteiger partial charge is 0.241 e. The molecule has 0 bridgehead atoms. The summed E-state index contributed by atoms with van der Waals surface area (Å²) in [5, 5.41) is 0.589. The van der Waals surface area contributed by atoms with Crippen LogP contribution in [0, 0.1) is 0 Å². The van der Waals surface area contributed by atoms with Crippen molar-refractivity contribution in [2.75, 3.05) is 7.05 Å². The molecular formula is C17H19ClN2O3S. The molecule has 0 spiro atoms. The minimum Gasteiger partial charge on any atom is -0.340 e. The summed E-state index contributed by atoms with van der Waals surface area (Å²) in [6.07, 6.45) is 0. The van der Waals surface area contributed by atoms with E-state index in [9.17, 15) is 13.2 Å². The van der Waals surface area contributed by atoms with Crippen molar-refractivity contribution in [3.63, 3.8) is 0 Å². The number of hydrogen-bond acceptors (Lipinski definition) is 3. The zero-order chi connectivity index (χ0) is 17.7. The van der Waals surface area contributed by atoms with Crippen LogP contribution in [0.25, 0.3) is 0 Å². The number of carbonyl (C=O) groups excluding carboxylic acids is 1. The van der Waals surface area contributed by atoms with E-state index in [2.05, 4.69) is 4.72 Å². The first kappa shape index (κ1) is 18.4. The van der Waals surface area contributed by atoms with Crippen molar-refractivity contribution in [1.29, 1.82) is 0 Å². The van der Waals surface area contributed by atoms with Crippen molar-refractivity contribution in [3.8, 4) is 0 Å². The number of sulfonamides is 1. The maximum atomic E-state index is 12.4. The number of carbonyl (C=O) groups is 1. The minimum absolute atomic E-state index is 0.127. The Bertz CT molecular complexity index is 810. The summed E-state index contributed by atoms with van der Waals surface area (Å²) in [6, 6.07) is 14.3. The Balaban J connectivity index is 2.03. The van der Waals surface area contributed by atoms with Crippen molar-refractivity contribution < 1.29 is 13.2 Å². The van der Waals surface area contributed by atoms with Gasteiger partial charge in [-0.1, -0.05) is 41.9 Å². The van der Waals surface area contributed by atoms with Crippen molar-refractivity contribution in [3.05, 3.63) is 65.2 Å². The van der Waals surface area contributed by atoms with Crippen molar-refractivity contribution in [2.45, 2.75) is 24.4 Å². The maximum Gasteiger partial charge on any atom is 0.241 e. The third-order valence-electron chi connectivity index (χ3n) is 3.44. The van der Waals surface area contributed by atoms with Gasteiger partial charge in [0, 0.05) is 18.6 Å². The standard InChI is InChI=1S/C17H19ClN2O3S/c1-13(19-24(22,23)16-9-4-3-5-10-16)17(21)20(2)12-14-7-6-8-15(18)11-14/h3-11,13,19H,12H2,1-2H3. The molecule has 5 nitrogen and oxygen atoms in total. The van der Waals surface area contributed by atoms with Crippen LogP contribution in [0.3, 0.4) is 0 Å². The number of amides is 1. The molecule has 1 atom stereocenters. The predicted octanol–water partition coefficient (Wildman–Crippen LogP) is 2.67. The van der Waals surface area contributed by atoms with Crippen molar-refractivity contribution >= 4 is 27.5 Å². The highest BCUT2D eigenvalue weighted by Gasteiger charge is 2.24. The van der Waals surface area contributed by atoms with E-state index in [0.717, 1.165) is 5.56 Å². The lowest BCUT2D eigenvalue weighted by molar-refractivity contribution is -0.131. The highest BCUT2D eigenvalue weighted by Crippen LogP contribution is 2.13. The quantitative estimate of drug-likeness (QED) is 0.854. The summed E-state index contributed by atoms with van der Waals surface area (Å²) in [7, 11) is -2.11. The molecule has 0 radical (unpaired) electrons. The molecule has 0 aliphatic rings. The van der Waals surface area contributed by atoms with E-state index in [1.54, 1.807) is 43.4 Å². The largest absolute Gasteiger partial charge is 0.340 e. The first-order chi connectivity index (χ1) is 11.3. The summed E-state index contributed by atoms with van der Waals surface area (Å²) < 4.78 is 27.0. The van der Waals surface area contributed by atoms with Crippen LogP contribution in [0.4, 0.5) is 0 Å². The fourth-order valence-electron chi connectivity index (χ4n) is 2.27. The monoisotopic (exact) mass is 366 g/mol. The lowest BCUT2D eigenvalue weighted by Gasteiger charge is -2.22. The first-order valence-electron chi connectivity index (χ1n) is 7.36. The molecule has 0 aliphatic carbocycles. The van der Waals surface area contributed by atoms with Crippen LogP contribution in [0.5, 0.6) is 0 Å². The van der Waals surface area contributed by atoms with Crippen LogP contribution in [-0.4, -0.2) is 32.3 Å². The number of nitrogens with zero attached hydrogens (tertiary/aromatic N) is 1. The number of nitrogens with one attached hydrogen (secondary N) is 1. The van der Waals surface area contributed by atoms with E-state index in [0.29, 0.717) is 11.6 Å². The first-order valence-corrected chi connectivity index (χ1v) is 9.22. The van der Waals surface area contributed by atoms with Crippen molar-refractivity contribution in [1.82, 2.24) is 9.62 Å². The third kappa shape index (κ3) is 4.80. The van der Waals surface area contributed by atoms with Crippen LogP contribution in [0.1, 0.15) is 12.5 Å². The van der Waals surface area contributed by atoms with Gasteiger partial charge in [0.1, 0.15) is 0 Å². The molecule has 7 heteroatoms. The van der Waals surface area contributed by atoms with Crippen LogP contribution in [0.15, 0.2) is 59.5 Å². The minimum atomic E-state index is -3.74. The van der Waals surface area contributed by atoms with E-state index >= 15 is 0 Å². The zero-order valence-electron chi connectivity index (χ0n) is 13.4. The molecule has 0 saturated heterocycles. The molecule has 128 valence electrons. The van der Waals surface area contributed by atoms with Crippen LogP contribution in [0.2, 0.25) is 5.02 Å². The SMILES string of the molecule is CC(NS(=O)(=O)c1ccccc1)C(=O)N(C)Cc1cccc(Cl)c1. The summed E-state index contributed by atoms with van der Waals surface area (Å²) in [5.41, 5.74) is 0.872. The van der Waals surface area contributed by atoms with Gasteiger partial charge in [0.15, 0.2) is 0 Å². The molecule has 2 rings (SSSR count). The van der Waals surface area contributed by atoms with Gasteiger partial charge in [0.25, 0.3) is 0 Å². The summed E-state index contributed by atoms with van der Waals surface area (Å²) in [4.78, 5) is 14.0. The number of benzene rings is 2. The van der Waals surface area contributed by atoms with Crippen LogP contribution >= 0.6 is 11.6 Å². The van der Waals surface area contributed by atoms with Crippen LogP contribution < -0.4 is 4.72 Å². The average Bonchev–Trinajstić information content (AvgIpc) is 2.54. The fraction of sp³-hybridized carbons (Fsp3) is 0.235. The summed E-state index contributed by atoms with van der Waals surface area (Å²) in [5.74, 6) is -0.325. The lowest BCUT2D eigenvalue weighted by atomic mass is 10.2. The lowest BCUT2D eigenvalue weighted by Crippen LogP contribution is -2.45. The molecule has 0 heterocycles. The normalized spacial score (nSPS) is 12.6. The van der Waals surface area contributed by atoms with Gasteiger partial charge in [0.2, 0.25) is 15.9 Å². The molecule has 0 fully saturated rings. The second-order valence-corrected chi connectivity index (χ2v) is 7.63. The number of likely N-dealkylation sites (N-methyl/N-ethyl adjacent to an activating group) is 1. The number of rotatable bonds is 6. The van der Waals surface area contributed by atoms with Gasteiger partial charge in [-0.15, -0.1) is 0 Å². The van der Waals surface area contributed by atoms with Gasteiger partial charge < -0.3 is 4.90 Å². The van der Waals surface area contributed by atoms with E-state index in [-0.39, 0.29) is 10.8 Å². The summed E-state index contributed by atoms with van der Waals surface area (Å²) >= 11 is 5.93. The van der Waals surface area contributed by atoms with Gasteiger partial charge in [-0.25, -0.2) is 8.42 Å².